The van der Waals surface area contributed by atoms with Crippen molar-refractivity contribution in [1.82, 2.24) is 4.90 Å². The van der Waals surface area contributed by atoms with Gasteiger partial charge < -0.3 is 33.9 Å². The first-order chi connectivity index (χ1) is 17.6. The molecule has 0 heterocycles. The Morgan fingerprint density at radius 3 is 2.31 bits per heavy atom. The third-order valence-electron chi connectivity index (χ3n) is 5.80. The van der Waals surface area contributed by atoms with Gasteiger partial charge in [-0.15, -0.1) is 0 Å². The second-order valence-corrected chi connectivity index (χ2v) is 8.45. The molecule has 0 aliphatic heterocycles. The number of nitrogens with zero attached hydrogens (tertiary/aromatic N) is 1. The van der Waals surface area contributed by atoms with E-state index in [1.54, 1.807) is 39.5 Å². The Morgan fingerprint density at radius 1 is 0.861 bits per heavy atom. The molecule has 8 heteroatoms. The van der Waals surface area contributed by atoms with Gasteiger partial charge in [0, 0.05) is 26.3 Å². The Labute approximate surface area is 215 Å². The number of anilines is 1. The first-order valence-corrected chi connectivity index (χ1v) is 12.7. The number of methoxy groups -OCH3 is 3. The summed E-state index contributed by atoms with van der Waals surface area (Å²) in [5.74, 6) is 1.98. The molecule has 0 aliphatic rings. The summed E-state index contributed by atoms with van der Waals surface area (Å²) in [6.07, 6.45) is 6.44. The molecule has 1 N–H and O–H groups in total. The molecule has 2 aromatic rings. The fourth-order valence-electron chi connectivity index (χ4n) is 3.64. The lowest BCUT2D eigenvalue weighted by atomic mass is 10.1. The van der Waals surface area contributed by atoms with E-state index in [-0.39, 0.29) is 12.8 Å². The first-order valence-electron chi connectivity index (χ1n) is 12.7. The fraction of sp³-hybridized carbons (Fsp3) is 0.536. The summed E-state index contributed by atoms with van der Waals surface area (Å²) in [7, 11) is 4.81. The van der Waals surface area contributed by atoms with Crippen LogP contribution in [-0.2, 0) is 15.9 Å². The van der Waals surface area contributed by atoms with E-state index in [1.807, 2.05) is 29.2 Å². The first kappa shape index (κ1) is 29.3. The molecule has 0 spiro atoms. The third kappa shape index (κ3) is 10.7. The minimum Gasteiger partial charge on any atom is -0.497 e. The fourth-order valence-corrected chi connectivity index (χ4v) is 3.64. The van der Waals surface area contributed by atoms with E-state index in [9.17, 15) is 4.79 Å². The smallest absolute Gasteiger partial charge is 0.321 e. The summed E-state index contributed by atoms with van der Waals surface area (Å²) in [5.41, 5.74) is 1.75. The van der Waals surface area contributed by atoms with Crippen LogP contribution in [0.1, 0.15) is 44.6 Å². The van der Waals surface area contributed by atoms with Gasteiger partial charge in [0.1, 0.15) is 17.2 Å². The number of unbranched alkanes of at least 4 members (excludes halogenated alkanes) is 4. The molecule has 0 unspecified atom stereocenters. The highest BCUT2D eigenvalue weighted by atomic mass is 16.7. The van der Waals surface area contributed by atoms with Crippen molar-refractivity contribution in [1.29, 1.82) is 0 Å². The lowest BCUT2D eigenvalue weighted by molar-refractivity contribution is -0.00847. The molecule has 2 rings (SSSR count). The number of hydrogen-bond donors (Lipinski definition) is 1. The zero-order valence-electron chi connectivity index (χ0n) is 22.2. The zero-order valence-corrected chi connectivity index (χ0v) is 22.2. The van der Waals surface area contributed by atoms with E-state index in [2.05, 4.69) is 12.2 Å². The largest absolute Gasteiger partial charge is 0.497 e. The van der Waals surface area contributed by atoms with Gasteiger partial charge in [-0.25, -0.2) is 4.79 Å². The van der Waals surface area contributed by atoms with Crippen LogP contribution in [0.25, 0.3) is 0 Å². The SMILES string of the molecule is CCCCCCCN(CCc1ccc(OCOCCOC)cc1)C(=O)Nc1ccc(OC)cc1OC. The van der Waals surface area contributed by atoms with Gasteiger partial charge in [-0.3, -0.25) is 0 Å². The molecule has 0 aliphatic carbocycles. The number of urea groups is 1. The van der Waals surface area contributed by atoms with Crippen LogP contribution in [0.5, 0.6) is 17.2 Å². The maximum absolute atomic E-state index is 13.2. The molecule has 0 bridgehead atoms. The van der Waals surface area contributed by atoms with E-state index in [0.717, 1.165) is 30.6 Å². The maximum atomic E-state index is 13.2. The molecule has 0 atom stereocenters. The van der Waals surface area contributed by atoms with Crippen LogP contribution >= 0.6 is 0 Å². The van der Waals surface area contributed by atoms with Crippen molar-refractivity contribution in [3.63, 3.8) is 0 Å². The van der Waals surface area contributed by atoms with Crippen molar-refractivity contribution in [2.45, 2.75) is 45.4 Å². The Balaban J connectivity index is 1.95. The minimum absolute atomic E-state index is 0.137. The highest BCUT2D eigenvalue weighted by Gasteiger charge is 2.16. The molecule has 0 radical (unpaired) electrons. The highest BCUT2D eigenvalue weighted by Crippen LogP contribution is 2.29. The van der Waals surface area contributed by atoms with Gasteiger partial charge in [0.15, 0.2) is 6.79 Å². The molecular weight excluding hydrogens is 460 g/mol. The normalized spacial score (nSPS) is 10.7. The Hall–Kier alpha value is -2.97. The second kappa shape index (κ2) is 17.5. The molecule has 2 amide bonds. The number of ether oxygens (including phenoxy) is 5. The lowest BCUT2D eigenvalue weighted by Gasteiger charge is -2.24. The number of carbonyl (C=O) groups is 1. The zero-order chi connectivity index (χ0) is 26.0. The van der Waals surface area contributed by atoms with Crippen LogP contribution < -0.4 is 19.5 Å². The third-order valence-corrected chi connectivity index (χ3v) is 5.80. The summed E-state index contributed by atoms with van der Waals surface area (Å²) in [4.78, 5) is 15.1. The van der Waals surface area contributed by atoms with Crippen molar-refractivity contribution in [3.8, 4) is 17.2 Å². The van der Waals surface area contributed by atoms with Gasteiger partial charge in [0.25, 0.3) is 0 Å². The Morgan fingerprint density at radius 2 is 1.61 bits per heavy atom. The highest BCUT2D eigenvalue weighted by molar-refractivity contribution is 5.91. The van der Waals surface area contributed by atoms with Gasteiger partial charge in [-0.05, 0) is 42.7 Å². The van der Waals surface area contributed by atoms with Crippen LogP contribution in [-0.4, -0.2) is 65.4 Å². The molecular formula is C28H42N2O6. The maximum Gasteiger partial charge on any atom is 0.321 e. The van der Waals surface area contributed by atoms with E-state index in [1.165, 1.54) is 19.3 Å². The van der Waals surface area contributed by atoms with Crippen LogP contribution in [0.3, 0.4) is 0 Å². The molecule has 200 valence electrons. The van der Waals surface area contributed by atoms with Crippen LogP contribution in [0.4, 0.5) is 10.5 Å². The van der Waals surface area contributed by atoms with E-state index in [4.69, 9.17) is 23.7 Å². The Bertz CT molecular complexity index is 875. The van der Waals surface area contributed by atoms with Crippen LogP contribution in [0.15, 0.2) is 42.5 Å². The van der Waals surface area contributed by atoms with Crippen LogP contribution in [0, 0.1) is 0 Å². The quantitative estimate of drug-likeness (QED) is 0.207. The van der Waals surface area contributed by atoms with E-state index < -0.39 is 0 Å². The monoisotopic (exact) mass is 502 g/mol. The molecule has 36 heavy (non-hydrogen) atoms. The van der Waals surface area contributed by atoms with Crippen molar-refractivity contribution in [2.24, 2.45) is 0 Å². The van der Waals surface area contributed by atoms with Gasteiger partial charge >= 0.3 is 6.03 Å². The van der Waals surface area contributed by atoms with E-state index >= 15 is 0 Å². The molecule has 0 saturated carbocycles. The Kier molecular flexibility index (Phi) is 14.2. The minimum atomic E-state index is -0.137. The molecule has 0 saturated heterocycles. The number of amides is 2. The average Bonchev–Trinajstić information content (AvgIpc) is 2.91. The predicted octanol–water partition coefficient (Wildman–Crippen LogP) is 5.75. The number of nitrogens with one attached hydrogen (secondary N) is 1. The van der Waals surface area contributed by atoms with Crippen molar-refractivity contribution in [2.75, 3.05) is 59.7 Å². The van der Waals surface area contributed by atoms with Gasteiger partial charge in [-0.1, -0.05) is 44.7 Å². The lowest BCUT2D eigenvalue weighted by Crippen LogP contribution is -2.37. The second-order valence-electron chi connectivity index (χ2n) is 8.45. The van der Waals surface area contributed by atoms with Crippen LogP contribution in [0.2, 0.25) is 0 Å². The molecule has 0 fully saturated rings. The van der Waals surface area contributed by atoms with Crippen molar-refractivity contribution < 1.29 is 28.5 Å². The average molecular weight is 503 g/mol. The topological polar surface area (TPSA) is 78.5 Å². The van der Waals surface area contributed by atoms with Gasteiger partial charge in [0.2, 0.25) is 0 Å². The molecule has 0 aromatic heterocycles. The van der Waals surface area contributed by atoms with E-state index in [0.29, 0.717) is 43.5 Å². The summed E-state index contributed by atoms with van der Waals surface area (Å²) < 4.78 is 26.6. The number of rotatable bonds is 18. The van der Waals surface area contributed by atoms with Gasteiger partial charge in [-0.2, -0.15) is 0 Å². The number of benzene rings is 2. The summed E-state index contributed by atoms with van der Waals surface area (Å²) in [5, 5.41) is 3.01. The summed E-state index contributed by atoms with van der Waals surface area (Å²) in [6, 6.07) is 13.1. The molecule has 2 aromatic carbocycles. The predicted molar refractivity (Wildman–Crippen MR) is 142 cm³/mol. The van der Waals surface area contributed by atoms with Crippen molar-refractivity contribution in [3.05, 3.63) is 48.0 Å². The standard InChI is InChI=1S/C28H42N2O6/c1-5-6-7-8-9-17-30(28(31)29-26-15-14-25(33-3)21-27(26)34-4)18-16-23-10-12-24(13-11-23)36-22-35-20-19-32-2/h10-15,21H,5-9,16-20,22H2,1-4H3,(H,29,31). The van der Waals surface area contributed by atoms with Crippen molar-refractivity contribution >= 4 is 11.7 Å². The number of carbonyl (C=O) groups excluding carboxylic acids is 1. The summed E-state index contributed by atoms with van der Waals surface area (Å²) >= 11 is 0. The molecule has 8 nitrogen and oxygen atoms in total. The number of hydrogen-bond acceptors (Lipinski definition) is 6. The summed E-state index contributed by atoms with van der Waals surface area (Å²) in [6.45, 7) is 4.73. The van der Waals surface area contributed by atoms with Gasteiger partial charge in [0.05, 0.1) is 33.1 Å².